The van der Waals surface area contributed by atoms with Crippen molar-refractivity contribution >= 4 is 5.91 Å². The van der Waals surface area contributed by atoms with E-state index in [2.05, 4.69) is 11.8 Å². The van der Waals surface area contributed by atoms with Crippen LogP contribution in [0.2, 0.25) is 0 Å². The van der Waals surface area contributed by atoms with Crippen molar-refractivity contribution in [1.82, 2.24) is 9.80 Å². The molecular weight excluding hydrogens is 344 g/mol. The minimum absolute atomic E-state index is 0.130. The minimum Gasteiger partial charge on any atom is -0.486 e. The Balaban J connectivity index is 1.50. The van der Waals surface area contributed by atoms with Crippen molar-refractivity contribution in [3.05, 3.63) is 23.8 Å². The van der Waals surface area contributed by atoms with Gasteiger partial charge >= 0.3 is 0 Å². The van der Waals surface area contributed by atoms with Crippen molar-refractivity contribution in [2.45, 2.75) is 51.3 Å². The van der Waals surface area contributed by atoms with Gasteiger partial charge in [0.2, 0.25) is 0 Å². The average molecular weight is 374 g/mol. The second kappa shape index (κ2) is 8.48. The number of carbonyl (C=O) groups excluding carboxylic acids is 1. The fourth-order valence-electron chi connectivity index (χ4n) is 4.39. The zero-order chi connectivity index (χ0) is 18.6. The molecule has 0 aliphatic carbocycles. The Kier molecular flexibility index (Phi) is 5.83. The predicted octanol–water partition coefficient (Wildman–Crippen LogP) is 2.45. The number of nitrogens with zero attached hydrogens (tertiary/aromatic N) is 2. The van der Waals surface area contributed by atoms with E-state index in [1.807, 2.05) is 23.1 Å². The van der Waals surface area contributed by atoms with Gasteiger partial charge in [-0.15, -0.1) is 0 Å². The van der Waals surface area contributed by atoms with Gasteiger partial charge in [0.15, 0.2) is 11.5 Å². The topological polar surface area (TPSA) is 51.2 Å². The molecule has 3 heterocycles. The molecule has 6 heteroatoms. The SMILES string of the molecule is CCN1CCC[C@H]1CN(Cc1ccc2c(c1)OCCO2)C(=O)[C@@H]1CCCO1. The van der Waals surface area contributed by atoms with Crippen LogP contribution in [-0.4, -0.2) is 67.3 Å². The van der Waals surface area contributed by atoms with Crippen LogP contribution < -0.4 is 9.47 Å². The lowest BCUT2D eigenvalue weighted by Gasteiger charge is -2.32. The van der Waals surface area contributed by atoms with E-state index < -0.39 is 0 Å². The second-order valence-corrected chi connectivity index (χ2v) is 7.62. The number of hydrogen-bond acceptors (Lipinski definition) is 5. The molecule has 4 rings (SSSR count). The summed E-state index contributed by atoms with van der Waals surface area (Å²) in [7, 11) is 0. The largest absolute Gasteiger partial charge is 0.486 e. The van der Waals surface area contributed by atoms with Gasteiger partial charge in [-0.1, -0.05) is 13.0 Å². The maximum Gasteiger partial charge on any atom is 0.252 e. The first-order valence-corrected chi connectivity index (χ1v) is 10.3. The van der Waals surface area contributed by atoms with E-state index in [9.17, 15) is 4.79 Å². The van der Waals surface area contributed by atoms with Crippen LogP contribution in [0.25, 0.3) is 0 Å². The van der Waals surface area contributed by atoms with Crippen molar-refractivity contribution in [2.75, 3.05) is 39.5 Å². The molecule has 6 nitrogen and oxygen atoms in total. The second-order valence-electron chi connectivity index (χ2n) is 7.62. The standard InChI is InChI=1S/C21H30N2O4/c1-2-22-9-3-5-17(22)15-23(21(24)19-6-4-10-25-19)14-16-7-8-18-20(13-16)27-12-11-26-18/h7-8,13,17,19H,2-6,9-12,14-15H2,1H3/t17-,19-/m0/s1. The molecule has 2 saturated heterocycles. The third-order valence-corrected chi connectivity index (χ3v) is 5.83. The molecule has 0 aromatic heterocycles. The third kappa shape index (κ3) is 4.22. The van der Waals surface area contributed by atoms with Gasteiger partial charge < -0.3 is 19.1 Å². The highest BCUT2D eigenvalue weighted by Gasteiger charge is 2.32. The molecule has 2 fully saturated rings. The summed E-state index contributed by atoms with van der Waals surface area (Å²) < 4.78 is 17.0. The first-order chi connectivity index (χ1) is 13.2. The van der Waals surface area contributed by atoms with Gasteiger partial charge in [-0.05, 0) is 56.5 Å². The molecule has 27 heavy (non-hydrogen) atoms. The van der Waals surface area contributed by atoms with Crippen LogP contribution >= 0.6 is 0 Å². The lowest BCUT2D eigenvalue weighted by molar-refractivity contribution is -0.142. The van der Waals surface area contributed by atoms with Crippen LogP contribution in [-0.2, 0) is 16.1 Å². The fraction of sp³-hybridized carbons (Fsp3) is 0.667. The van der Waals surface area contributed by atoms with Crippen LogP contribution in [0, 0.1) is 0 Å². The van der Waals surface area contributed by atoms with Crippen LogP contribution in [0.5, 0.6) is 11.5 Å². The monoisotopic (exact) mass is 374 g/mol. The Hall–Kier alpha value is -1.79. The molecule has 0 radical (unpaired) electrons. The van der Waals surface area contributed by atoms with Crippen LogP contribution in [0.3, 0.4) is 0 Å². The van der Waals surface area contributed by atoms with E-state index in [0.29, 0.717) is 32.4 Å². The zero-order valence-electron chi connectivity index (χ0n) is 16.2. The molecule has 0 N–H and O–H groups in total. The highest BCUT2D eigenvalue weighted by atomic mass is 16.6. The van der Waals surface area contributed by atoms with Crippen molar-refractivity contribution < 1.29 is 19.0 Å². The number of hydrogen-bond donors (Lipinski definition) is 0. The first kappa shape index (κ1) is 18.6. The lowest BCUT2D eigenvalue weighted by atomic mass is 10.1. The van der Waals surface area contributed by atoms with E-state index in [1.54, 1.807) is 0 Å². The Morgan fingerprint density at radius 1 is 1.15 bits per heavy atom. The normalized spacial score (nSPS) is 24.9. The number of likely N-dealkylation sites (N-methyl/N-ethyl adjacent to an activating group) is 1. The summed E-state index contributed by atoms with van der Waals surface area (Å²) in [6, 6.07) is 6.44. The molecule has 0 saturated carbocycles. The zero-order valence-corrected chi connectivity index (χ0v) is 16.2. The molecule has 1 aromatic carbocycles. The quantitative estimate of drug-likeness (QED) is 0.766. The molecule has 2 atom stereocenters. The maximum absolute atomic E-state index is 13.1. The summed E-state index contributed by atoms with van der Waals surface area (Å²) in [5.41, 5.74) is 1.08. The molecule has 148 valence electrons. The van der Waals surface area contributed by atoms with Crippen molar-refractivity contribution in [1.29, 1.82) is 0 Å². The van der Waals surface area contributed by atoms with Gasteiger partial charge in [0.05, 0.1) is 0 Å². The first-order valence-electron chi connectivity index (χ1n) is 10.3. The Bertz CT molecular complexity index is 660. The minimum atomic E-state index is -0.279. The van der Waals surface area contributed by atoms with E-state index in [4.69, 9.17) is 14.2 Å². The number of fused-ring (bicyclic) bond motifs is 1. The van der Waals surface area contributed by atoms with E-state index in [1.165, 1.54) is 6.42 Å². The summed E-state index contributed by atoms with van der Waals surface area (Å²) >= 11 is 0. The van der Waals surface area contributed by atoms with Crippen LogP contribution in [0.1, 0.15) is 38.2 Å². The smallest absolute Gasteiger partial charge is 0.252 e. The van der Waals surface area contributed by atoms with E-state index in [-0.39, 0.29) is 12.0 Å². The number of benzene rings is 1. The number of ether oxygens (including phenoxy) is 3. The van der Waals surface area contributed by atoms with Crippen LogP contribution in [0.4, 0.5) is 0 Å². The van der Waals surface area contributed by atoms with Crippen LogP contribution in [0.15, 0.2) is 18.2 Å². The highest BCUT2D eigenvalue weighted by molar-refractivity contribution is 5.81. The summed E-state index contributed by atoms with van der Waals surface area (Å²) in [6.45, 7) is 7.57. The Labute approximate surface area is 161 Å². The number of likely N-dealkylation sites (tertiary alicyclic amines) is 1. The van der Waals surface area contributed by atoms with Gasteiger partial charge in [0, 0.05) is 25.7 Å². The van der Waals surface area contributed by atoms with Gasteiger partial charge in [-0.3, -0.25) is 9.69 Å². The van der Waals surface area contributed by atoms with E-state index in [0.717, 1.165) is 56.0 Å². The molecule has 0 unspecified atom stereocenters. The summed E-state index contributed by atoms with van der Waals surface area (Å²) in [6.07, 6.45) is 3.89. The predicted molar refractivity (Wildman–Crippen MR) is 102 cm³/mol. The Morgan fingerprint density at radius 3 is 2.78 bits per heavy atom. The van der Waals surface area contributed by atoms with Crippen molar-refractivity contribution in [3.63, 3.8) is 0 Å². The average Bonchev–Trinajstić information content (AvgIpc) is 3.38. The fourth-order valence-corrected chi connectivity index (χ4v) is 4.39. The van der Waals surface area contributed by atoms with Gasteiger partial charge in [-0.2, -0.15) is 0 Å². The van der Waals surface area contributed by atoms with Gasteiger partial charge in [-0.25, -0.2) is 0 Å². The number of carbonyl (C=O) groups is 1. The summed E-state index contributed by atoms with van der Waals surface area (Å²) in [5.74, 6) is 1.69. The van der Waals surface area contributed by atoms with Crippen molar-refractivity contribution in [2.24, 2.45) is 0 Å². The molecular formula is C21H30N2O4. The summed E-state index contributed by atoms with van der Waals surface area (Å²) in [4.78, 5) is 17.6. The van der Waals surface area contributed by atoms with Crippen molar-refractivity contribution in [3.8, 4) is 11.5 Å². The molecule has 0 spiro atoms. The molecule has 3 aliphatic rings. The third-order valence-electron chi connectivity index (χ3n) is 5.83. The lowest BCUT2D eigenvalue weighted by Crippen LogP contribution is -2.46. The molecule has 0 bridgehead atoms. The molecule has 3 aliphatic heterocycles. The van der Waals surface area contributed by atoms with Gasteiger partial charge in [0.1, 0.15) is 19.3 Å². The number of rotatable bonds is 6. The van der Waals surface area contributed by atoms with E-state index >= 15 is 0 Å². The Morgan fingerprint density at radius 2 is 2.00 bits per heavy atom. The van der Waals surface area contributed by atoms with Gasteiger partial charge in [0.25, 0.3) is 5.91 Å². The number of amides is 1. The highest BCUT2D eigenvalue weighted by Crippen LogP contribution is 2.31. The summed E-state index contributed by atoms with van der Waals surface area (Å²) in [5, 5.41) is 0. The molecule has 1 aromatic rings. The maximum atomic E-state index is 13.1. The molecule has 1 amide bonds.